The van der Waals surface area contributed by atoms with E-state index in [1.165, 1.54) is 25.3 Å². The molecule has 0 unspecified atom stereocenters. The zero-order valence-electron chi connectivity index (χ0n) is 10.6. The molecule has 0 fully saturated rings. The van der Waals surface area contributed by atoms with Crippen molar-refractivity contribution in [2.45, 2.75) is 13.8 Å². The van der Waals surface area contributed by atoms with Gasteiger partial charge in [-0.3, -0.25) is 14.9 Å². The molecule has 6 nitrogen and oxygen atoms in total. The first-order valence-corrected chi connectivity index (χ1v) is 5.57. The van der Waals surface area contributed by atoms with E-state index in [4.69, 9.17) is 4.74 Å². The number of methoxy groups -OCH3 is 1. The zero-order chi connectivity index (χ0) is 13.7. The second kappa shape index (κ2) is 6.00. The van der Waals surface area contributed by atoms with Gasteiger partial charge in [0.2, 0.25) is 0 Å². The Bertz CT molecular complexity index is 457. The van der Waals surface area contributed by atoms with Gasteiger partial charge in [0.1, 0.15) is 5.75 Å². The zero-order valence-corrected chi connectivity index (χ0v) is 10.6. The first-order chi connectivity index (χ1) is 8.47. The molecule has 1 rings (SSSR count). The number of carbonyl (C=O) groups is 1. The van der Waals surface area contributed by atoms with Crippen LogP contribution in [0.1, 0.15) is 24.2 Å². The SMILES string of the molecule is COc1cccc([N+](=O)[O-])c1C(=O)NCC(C)C. The largest absolute Gasteiger partial charge is 0.496 e. The van der Waals surface area contributed by atoms with Crippen LogP contribution in [0.3, 0.4) is 0 Å². The van der Waals surface area contributed by atoms with Gasteiger partial charge in [0.05, 0.1) is 12.0 Å². The molecular formula is C12H16N2O4. The second-order valence-electron chi connectivity index (χ2n) is 4.22. The number of rotatable bonds is 5. The van der Waals surface area contributed by atoms with Crippen molar-refractivity contribution >= 4 is 11.6 Å². The average Bonchev–Trinajstić information content (AvgIpc) is 2.34. The van der Waals surface area contributed by atoms with Crippen LogP contribution in [0.2, 0.25) is 0 Å². The predicted octanol–water partition coefficient (Wildman–Crippen LogP) is 1.99. The third kappa shape index (κ3) is 3.19. The van der Waals surface area contributed by atoms with Gasteiger partial charge in [-0.1, -0.05) is 19.9 Å². The average molecular weight is 252 g/mol. The van der Waals surface area contributed by atoms with Crippen molar-refractivity contribution in [3.63, 3.8) is 0 Å². The van der Waals surface area contributed by atoms with Crippen molar-refractivity contribution in [1.82, 2.24) is 5.32 Å². The molecular weight excluding hydrogens is 236 g/mol. The molecule has 0 aliphatic heterocycles. The summed E-state index contributed by atoms with van der Waals surface area (Å²) in [5.74, 6) is -0.0268. The van der Waals surface area contributed by atoms with Gasteiger partial charge in [-0.2, -0.15) is 0 Å². The fourth-order valence-corrected chi connectivity index (χ4v) is 1.46. The fourth-order valence-electron chi connectivity index (χ4n) is 1.46. The summed E-state index contributed by atoms with van der Waals surface area (Å²) in [6, 6.07) is 4.29. The lowest BCUT2D eigenvalue weighted by Crippen LogP contribution is -2.28. The molecule has 0 saturated carbocycles. The van der Waals surface area contributed by atoms with Crippen molar-refractivity contribution < 1.29 is 14.5 Å². The number of amides is 1. The maximum absolute atomic E-state index is 12.0. The highest BCUT2D eigenvalue weighted by molar-refractivity contribution is 6.00. The summed E-state index contributed by atoms with van der Waals surface area (Å²) < 4.78 is 5.00. The van der Waals surface area contributed by atoms with Crippen LogP contribution < -0.4 is 10.1 Å². The van der Waals surface area contributed by atoms with Gasteiger partial charge in [-0.15, -0.1) is 0 Å². The van der Waals surface area contributed by atoms with Crippen molar-refractivity contribution in [3.05, 3.63) is 33.9 Å². The Labute approximate surface area is 105 Å². The molecule has 98 valence electrons. The molecule has 0 aliphatic carbocycles. The van der Waals surface area contributed by atoms with Crippen molar-refractivity contribution in [3.8, 4) is 5.75 Å². The standard InChI is InChI=1S/C12H16N2O4/c1-8(2)7-13-12(15)11-9(14(16)17)5-4-6-10(11)18-3/h4-6,8H,7H2,1-3H3,(H,13,15). The van der Waals surface area contributed by atoms with Gasteiger partial charge in [-0.05, 0) is 12.0 Å². The molecule has 1 aromatic rings. The Morgan fingerprint density at radius 3 is 2.67 bits per heavy atom. The van der Waals surface area contributed by atoms with Crippen LogP contribution in [-0.2, 0) is 0 Å². The van der Waals surface area contributed by atoms with E-state index in [0.717, 1.165) is 0 Å². The number of nitro benzene ring substituents is 1. The van der Waals surface area contributed by atoms with Gasteiger partial charge in [-0.25, -0.2) is 0 Å². The number of nitro groups is 1. The van der Waals surface area contributed by atoms with Gasteiger partial charge in [0.25, 0.3) is 11.6 Å². The van der Waals surface area contributed by atoms with Crippen LogP contribution in [-0.4, -0.2) is 24.5 Å². The maximum atomic E-state index is 12.0. The summed E-state index contributed by atoms with van der Waals surface area (Å²) in [7, 11) is 1.37. The molecule has 1 N–H and O–H groups in total. The van der Waals surface area contributed by atoms with Gasteiger partial charge in [0.15, 0.2) is 5.56 Å². The van der Waals surface area contributed by atoms with E-state index in [2.05, 4.69) is 5.32 Å². The Hall–Kier alpha value is -2.11. The lowest BCUT2D eigenvalue weighted by Gasteiger charge is -2.10. The van der Waals surface area contributed by atoms with Gasteiger partial charge < -0.3 is 10.1 Å². The molecule has 1 amide bonds. The van der Waals surface area contributed by atoms with Crippen LogP contribution >= 0.6 is 0 Å². The summed E-state index contributed by atoms with van der Waals surface area (Å²) in [6.45, 7) is 4.34. The smallest absolute Gasteiger partial charge is 0.285 e. The second-order valence-corrected chi connectivity index (χ2v) is 4.22. The van der Waals surface area contributed by atoms with Gasteiger partial charge >= 0.3 is 0 Å². The first kappa shape index (κ1) is 14.0. The Morgan fingerprint density at radius 2 is 2.17 bits per heavy atom. The number of nitrogens with zero attached hydrogens (tertiary/aromatic N) is 1. The van der Waals surface area contributed by atoms with E-state index in [9.17, 15) is 14.9 Å². The van der Waals surface area contributed by atoms with E-state index in [1.54, 1.807) is 0 Å². The minimum absolute atomic E-state index is 0.0364. The summed E-state index contributed by atoms with van der Waals surface area (Å²) >= 11 is 0. The van der Waals surface area contributed by atoms with Gasteiger partial charge in [0, 0.05) is 12.6 Å². The molecule has 0 bridgehead atoms. The Kier molecular flexibility index (Phi) is 4.65. The number of carbonyl (C=O) groups excluding carboxylic acids is 1. The molecule has 18 heavy (non-hydrogen) atoms. The predicted molar refractivity (Wildman–Crippen MR) is 66.8 cm³/mol. The monoisotopic (exact) mass is 252 g/mol. The summed E-state index contributed by atoms with van der Waals surface area (Å²) in [5.41, 5.74) is -0.291. The van der Waals surface area contributed by atoms with Crippen LogP contribution in [0, 0.1) is 16.0 Å². The lowest BCUT2D eigenvalue weighted by atomic mass is 10.1. The highest BCUT2D eigenvalue weighted by atomic mass is 16.6. The molecule has 0 atom stereocenters. The van der Waals surface area contributed by atoms with Crippen LogP contribution in [0.15, 0.2) is 18.2 Å². The molecule has 0 radical (unpaired) electrons. The Morgan fingerprint density at radius 1 is 1.50 bits per heavy atom. The third-order valence-corrected chi connectivity index (χ3v) is 2.32. The van der Waals surface area contributed by atoms with E-state index >= 15 is 0 Å². The van der Waals surface area contributed by atoms with E-state index in [-0.39, 0.29) is 22.9 Å². The minimum Gasteiger partial charge on any atom is -0.496 e. The fraction of sp³-hybridized carbons (Fsp3) is 0.417. The van der Waals surface area contributed by atoms with Crippen LogP contribution in [0.5, 0.6) is 5.75 Å². The third-order valence-electron chi connectivity index (χ3n) is 2.32. The summed E-state index contributed by atoms with van der Waals surface area (Å²) in [6.07, 6.45) is 0. The van der Waals surface area contributed by atoms with Crippen LogP contribution in [0.4, 0.5) is 5.69 Å². The van der Waals surface area contributed by atoms with Crippen molar-refractivity contribution in [1.29, 1.82) is 0 Å². The van der Waals surface area contributed by atoms with Crippen LogP contribution in [0.25, 0.3) is 0 Å². The van der Waals surface area contributed by atoms with E-state index in [1.807, 2.05) is 13.8 Å². The van der Waals surface area contributed by atoms with E-state index < -0.39 is 10.8 Å². The molecule has 0 spiro atoms. The molecule has 0 aromatic heterocycles. The summed E-state index contributed by atoms with van der Waals surface area (Å²) in [5, 5.41) is 13.5. The highest BCUT2D eigenvalue weighted by Crippen LogP contribution is 2.27. The molecule has 1 aromatic carbocycles. The quantitative estimate of drug-likeness (QED) is 0.641. The van der Waals surface area contributed by atoms with Crippen molar-refractivity contribution in [2.75, 3.05) is 13.7 Å². The number of hydrogen-bond acceptors (Lipinski definition) is 4. The number of ether oxygens (including phenoxy) is 1. The molecule has 0 saturated heterocycles. The first-order valence-electron chi connectivity index (χ1n) is 5.57. The van der Waals surface area contributed by atoms with E-state index in [0.29, 0.717) is 6.54 Å². The number of hydrogen-bond donors (Lipinski definition) is 1. The molecule has 0 aliphatic rings. The number of nitrogens with one attached hydrogen (secondary N) is 1. The minimum atomic E-state index is -0.590. The Balaban J connectivity index is 3.11. The highest BCUT2D eigenvalue weighted by Gasteiger charge is 2.24. The number of benzene rings is 1. The summed E-state index contributed by atoms with van der Waals surface area (Å²) in [4.78, 5) is 22.3. The molecule has 0 heterocycles. The normalized spacial score (nSPS) is 10.2. The van der Waals surface area contributed by atoms with Crippen molar-refractivity contribution in [2.24, 2.45) is 5.92 Å². The molecule has 6 heteroatoms. The maximum Gasteiger partial charge on any atom is 0.285 e. The lowest BCUT2D eigenvalue weighted by molar-refractivity contribution is -0.385. The topological polar surface area (TPSA) is 81.5 Å².